The molecule has 0 amide bonds. The fraction of sp³-hybridized carbons (Fsp3) is 0.519. The van der Waals surface area contributed by atoms with E-state index in [2.05, 4.69) is 153 Å². The van der Waals surface area contributed by atoms with Gasteiger partial charge in [0.25, 0.3) is 0 Å². The van der Waals surface area contributed by atoms with Gasteiger partial charge in [0, 0.05) is 57.0 Å². The fourth-order valence-corrected chi connectivity index (χ4v) is 15.5. The van der Waals surface area contributed by atoms with Gasteiger partial charge in [0.2, 0.25) is 0 Å². The third kappa shape index (κ3) is 6.13. The molecule has 2 saturated heterocycles. The Bertz CT molecular complexity index is 2160. The standard InChI is InChI=1S/C52H60N6S/c53-31-34-29-40(52-55-50(32-15-3-1-4-16-32)54-51(56-52)33-17-5-2-6-18-33)45(30-44(34)57-41-23-11-7-19-35(41)36-20-8-12-24-42(36)57)58-43-25-13-9-21-37(43)38-27-28-47-48(49(38)58)39-22-10-14-26-46(39)59-47/h1-5,7-8,10,13-15,19-20,22,25-26,29-30,32-35,37-38,41,43-44,47-52,54-56H,6,9,11-12,16-18,21,23-24,27-28H2. The van der Waals surface area contributed by atoms with Gasteiger partial charge in [-0.1, -0.05) is 97.2 Å². The van der Waals surface area contributed by atoms with Crippen molar-refractivity contribution in [2.45, 2.75) is 136 Å². The van der Waals surface area contributed by atoms with Gasteiger partial charge in [-0.25, -0.2) is 0 Å². The third-order valence-corrected chi connectivity index (χ3v) is 17.9. The number of benzene rings is 1. The number of nitrogens with one attached hydrogen (secondary N) is 3. The van der Waals surface area contributed by atoms with Crippen LogP contribution in [-0.2, 0) is 0 Å². The smallest absolute Gasteiger partial charge is 0.0891 e. The van der Waals surface area contributed by atoms with Gasteiger partial charge in [-0.15, -0.1) is 11.8 Å². The first-order valence-electron chi connectivity index (χ1n) is 23.4. The van der Waals surface area contributed by atoms with E-state index in [9.17, 15) is 5.26 Å². The molecule has 0 aromatic heterocycles. The van der Waals surface area contributed by atoms with Crippen LogP contribution in [0.4, 0.5) is 0 Å². The Kier molecular flexibility index (Phi) is 9.58. The highest BCUT2D eigenvalue weighted by Gasteiger charge is 2.58. The highest BCUT2D eigenvalue weighted by molar-refractivity contribution is 8.00. The summed E-state index contributed by atoms with van der Waals surface area (Å²) in [5.74, 6) is 2.86. The van der Waals surface area contributed by atoms with Crippen molar-refractivity contribution in [3.8, 4) is 6.07 Å². The quantitative estimate of drug-likeness (QED) is 0.257. The van der Waals surface area contributed by atoms with Crippen LogP contribution >= 0.6 is 11.8 Å². The highest BCUT2D eigenvalue weighted by atomic mass is 32.2. The van der Waals surface area contributed by atoms with Crippen molar-refractivity contribution in [1.82, 2.24) is 25.8 Å². The average molecular weight is 801 g/mol. The van der Waals surface area contributed by atoms with E-state index in [1.807, 2.05) is 0 Å². The lowest BCUT2D eigenvalue weighted by Gasteiger charge is -2.50. The topological polar surface area (TPSA) is 66.4 Å². The molecule has 0 radical (unpaired) electrons. The Morgan fingerprint density at radius 2 is 1.63 bits per heavy atom. The Morgan fingerprint density at radius 1 is 0.729 bits per heavy atom. The molecule has 0 bridgehead atoms. The minimum absolute atomic E-state index is 0.00495. The summed E-state index contributed by atoms with van der Waals surface area (Å²) in [4.78, 5) is 7.30. The lowest BCUT2D eigenvalue weighted by atomic mass is 9.69. The predicted molar refractivity (Wildman–Crippen MR) is 238 cm³/mol. The number of thioether (sulfide) groups is 1. The molecule has 304 valence electrons. The molecule has 4 heterocycles. The van der Waals surface area contributed by atoms with E-state index in [0.29, 0.717) is 58.9 Å². The molecule has 15 atom stereocenters. The van der Waals surface area contributed by atoms with Crippen molar-refractivity contribution in [1.29, 1.82) is 5.26 Å². The predicted octanol–water partition coefficient (Wildman–Crippen LogP) is 9.51. The molecule has 11 aliphatic rings. The molecular formula is C52H60N6S. The Morgan fingerprint density at radius 3 is 2.53 bits per heavy atom. The number of nitriles is 1. The molecule has 1 aromatic carbocycles. The van der Waals surface area contributed by atoms with Gasteiger partial charge < -0.3 is 9.80 Å². The van der Waals surface area contributed by atoms with Crippen LogP contribution in [-0.4, -0.2) is 57.7 Å². The Labute approximate surface area is 356 Å². The summed E-state index contributed by atoms with van der Waals surface area (Å²) < 4.78 is 0. The molecule has 12 rings (SSSR count). The van der Waals surface area contributed by atoms with Crippen LogP contribution in [0.1, 0.15) is 88.5 Å². The van der Waals surface area contributed by atoms with Crippen molar-refractivity contribution in [2.24, 2.45) is 35.5 Å². The highest BCUT2D eigenvalue weighted by Crippen LogP contribution is 2.61. The van der Waals surface area contributed by atoms with E-state index in [1.54, 1.807) is 5.56 Å². The third-order valence-electron chi connectivity index (χ3n) is 16.5. The maximum atomic E-state index is 11.4. The second kappa shape index (κ2) is 15.3. The first-order chi connectivity index (χ1) is 29.2. The zero-order valence-corrected chi connectivity index (χ0v) is 35.1. The van der Waals surface area contributed by atoms with Gasteiger partial charge in [0.05, 0.1) is 42.6 Å². The number of hydrogen-bond donors (Lipinski definition) is 3. The molecule has 0 spiro atoms. The minimum atomic E-state index is -0.249. The number of hydrogen-bond acceptors (Lipinski definition) is 7. The van der Waals surface area contributed by atoms with Crippen molar-refractivity contribution in [2.75, 3.05) is 0 Å². The molecule has 7 heteroatoms. The Hall–Kier alpha value is -3.80. The maximum absolute atomic E-state index is 11.4. The summed E-state index contributed by atoms with van der Waals surface area (Å²) in [7, 11) is 0. The van der Waals surface area contributed by atoms with Gasteiger partial charge in [-0.3, -0.25) is 16.0 Å². The molecule has 1 aromatic rings. The fourth-order valence-electron chi connectivity index (χ4n) is 13.9. The second-order valence-electron chi connectivity index (χ2n) is 19.3. The van der Waals surface area contributed by atoms with Crippen molar-refractivity contribution >= 4 is 11.8 Å². The average Bonchev–Trinajstić information content (AvgIpc) is 3.97. The van der Waals surface area contributed by atoms with Crippen LogP contribution in [0, 0.1) is 46.8 Å². The van der Waals surface area contributed by atoms with E-state index < -0.39 is 0 Å². The first kappa shape index (κ1) is 37.0. The molecule has 4 aliphatic heterocycles. The normalized spacial score (nSPS) is 42.7. The SMILES string of the molecule is N#CC1C=C(C2NC(C3C=CC=CC3)NC(C3CC=CCC3)N2)C(N2C3C=CCCC3C3CCC4Sc5ccccc5C4C32)=CC1N1C2=C(C=CCC2)C2C=CCCC21. The van der Waals surface area contributed by atoms with Crippen molar-refractivity contribution in [3.63, 3.8) is 0 Å². The summed E-state index contributed by atoms with van der Waals surface area (Å²) in [6.45, 7) is 0. The molecule has 59 heavy (non-hydrogen) atoms. The molecular weight excluding hydrogens is 741 g/mol. The van der Waals surface area contributed by atoms with Crippen LogP contribution in [0.3, 0.4) is 0 Å². The molecule has 15 unspecified atom stereocenters. The number of rotatable bonds is 5. The van der Waals surface area contributed by atoms with Gasteiger partial charge in [-0.05, 0) is 118 Å². The van der Waals surface area contributed by atoms with Gasteiger partial charge in [0.15, 0.2) is 0 Å². The van der Waals surface area contributed by atoms with E-state index in [4.69, 9.17) is 0 Å². The molecule has 7 aliphatic carbocycles. The maximum Gasteiger partial charge on any atom is 0.0891 e. The summed E-state index contributed by atoms with van der Waals surface area (Å²) in [6.07, 6.45) is 48.1. The minimum Gasteiger partial charge on any atom is -0.362 e. The summed E-state index contributed by atoms with van der Waals surface area (Å²) in [5, 5.41) is 24.6. The van der Waals surface area contributed by atoms with Crippen LogP contribution in [0.15, 0.2) is 137 Å². The molecule has 3 fully saturated rings. The lowest BCUT2D eigenvalue weighted by molar-refractivity contribution is 0.130. The largest absolute Gasteiger partial charge is 0.362 e. The Balaban J connectivity index is 1.02. The first-order valence-corrected chi connectivity index (χ1v) is 24.3. The number of allylic oxidation sites excluding steroid dienone is 10. The van der Waals surface area contributed by atoms with E-state index in [-0.39, 0.29) is 30.5 Å². The van der Waals surface area contributed by atoms with Gasteiger partial charge in [0.1, 0.15) is 0 Å². The molecule has 6 nitrogen and oxygen atoms in total. The van der Waals surface area contributed by atoms with Gasteiger partial charge in [-0.2, -0.15) is 5.26 Å². The second-order valence-corrected chi connectivity index (χ2v) is 20.6. The van der Waals surface area contributed by atoms with Gasteiger partial charge >= 0.3 is 0 Å². The van der Waals surface area contributed by atoms with Crippen LogP contribution < -0.4 is 16.0 Å². The molecule has 3 N–H and O–H groups in total. The van der Waals surface area contributed by atoms with Crippen LogP contribution in [0.25, 0.3) is 0 Å². The number of likely N-dealkylation sites (tertiary alicyclic amines) is 1. The van der Waals surface area contributed by atoms with Crippen LogP contribution in [0.2, 0.25) is 0 Å². The summed E-state index contributed by atoms with van der Waals surface area (Å²) in [6, 6.07) is 13.5. The summed E-state index contributed by atoms with van der Waals surface area (Å²) >= 11 is 2.16. The van der Waals surface area contributed by atoms with Crippen molar-refractivity contribution < 1.29 is 0 Å². The number of fused-ring (bicyclic) bond motifs is 9. The van der Waals surface area contributed by atoms with E-state index in [0.717, 1.165) is 44.9 Å². The van der Waals surface area contributed by atoms with Crippen molar-refractivity contribution in [3.05, 3.63) is 137 Å². The summed E-state index contributed by atoms with van der Waals surface area (Å²) in [5.41, 5.74) is 7.30. The molecule has 1 saturated carbocycles. The monoisotopic (exact) mass is 800 g/mol. The zero-order valence-electron chi connectivity index (χ0n) is 34.3. The van der Waals surface area contributed by atoms with Crippen LogP contribution in [0.5, 0.6) is 0 Å². The van der Waals surface area contributed by atoms with E-state index in [1.165, 1.54) is 59.5 Å². The zero-order chi connectivity index (χ0) is 39.0. The lowest BCUT2D eigenvalue weighted by Crippen LogP contribution is -2.71. The van der Waals surface area contributed by atoms with E-state index >= 15 is 0 Å². The number of nitrogens with zero attached hydrogens (tertiary/aromatic N) is 3.